The Morgan fingerprint density at radius 2 is 1.84 bits per heavy atom. The van der Waals surface area contributed by atoms with Crippen LogP contribution in [0.5, 0.6) is 0 Å². The number of fused-ring (bicyclic) bond motifs is 1. The lowest BCUT2D eigenvalue weighted by molar-refractivity contribution is -0.121. The van der Waals surface area contributed by atoms with Gasteiger partial charge in [0.2, 0.25) is 5.91 Å². The molecule has 1 amide bonds. The molecule has 0 radical (unpaired) electrons. The minimum Gasteiger partial charge on any atom is -0.358 e. The van der Waals surface area contributed by atoms with E-state index in [2.05, 4.69) is 20.1 Å². The number of benzene rings is 2. The first-order valence-corrected chi connectivity index (χ1v) is 10.6. The van der Waals surface area contributed by atoms with Crippen LogP contribution in [0.1, 0.15) is 23.0 Å². The van der Waals surface area contributed by atoms with Crippen LogP contribution in [0.4, 0.5) is 10.1 Å². The first-order valence-electron chi connectivity index (χ1n) is 10.6. The highest BCUT2D eigenvalue weighted by Crippen LogP contribution is 2.23. The lowest BCUT2D eigenvalue weighted by atomic mass is 10.1. The zero-order valence-electron chi connectivity index (χ0n) is 17.8. The number of carbonyl (C=O) groups excluding carboxylic acids is 2. The topological polar surface area (TPSA) is 68.4 Å². The van der Waals surface area contributed by atoms with E-state index in [1.165, 1.54) is 12.1 Å². The Morgan fingerprint density at radius 3 is 2.58 bits per heavy atom. The Hall–Kier alpha value is -3.03. The number of ketones is 1. The number of Topliss-reactive ketones (excluding diaryl/α,β-unsaturated/α-hetero) is 1. The number of rotatable bonds is 6. The van der Waals surface area contributed by atoms with E-state index in [4.69, 9.17) is 0 Å². The molecule has 7 heteroatoms. The summed E-state index contributed by atoms with van der Waals surface area (Å²) in [7, 11) is 0. The fourth-order valence-corrected chi connectivity index (χ4v) is 4.21. The predicted octanol–water partition coefficient (Wildman–Crippen LogP) is 3.44. The monoisotopic (exact) mass is 422 g/mol. The van der Waals surface area contributed by atoms with Crippen LogP contribution in [-0.2, 0) is 4.79 Å². The van der Waals surface area contributed by atoms with Crippen LogP contribution in [0, 0.1) is 12.7 Å². The van der Waals surface area contributed by atoms with E-state index >= 15 is 0 Å². The van der Waals surface area contributed by atoms with Crippen LogP contribution >= 0.6 is 0 Å². The van der Waals surface area contributed by atoms with Crippen LogP contribution < -0.4 is 5.32 Å². The average molecular weight is 423 g/mol. The van der Waals surface area contributed by atoms with Gasteiger partial charge in [0, 0.05) is 54.0 Å². The van der Waals surface area contributed by atoms with E-state index in [0.29, 0.717) is 38.4 Å². The number of carbonyl (C=O) groups is 2. The zero-order chi connectivity index (χ0) is 22.0. The number of aryl methyl sites for hydroxylation is 1. The standard InChI is InChI=1S/C24H27FN4O2/c1-16-23(20-8-3-4-9-21(20)26-16)22(30)15-28-10-12-29(13-11-28)17(2)24(31)27-19-7-5-6-18(25)14-19/h3-9,14,17,26H,10-13,15H2,1-2H3,(H,27,31). The average Bonchev–Trinajstić information content (AvgIpc) is 3.09. The zero-order valence-corrected chi connectivity index (χ0v) is 17.8. The maximum atomic E-state index is 13.3. The Bertz CT molecular complexity index is 1100. The molecule has 1 aromatic heterocycles. The number of amides is 1. The van der Waals surface area contributed by atoms with Gasteiger partial charge in [-0.15, -0.1) is 0 Å². The van der Waals surface area contributed by atoms with Gasteiger partial charge in [0.1, 0.15) is 5.82 Å². The van der Waals surface area contributed by atoms with E-state index in [1.54, 1.807) is 12.1 Å². The molecule has 0 bridgehead atoms. The molecule has 2 aromatic carbocycles. The molecule has 1 aliphatic heterocycles. The minimum absolute atomic E-state index is 0.111. The maximum absolute atomic E-state index is 13.3. The molecule has 4 rings (SSSR count). The minimum atomic E-state index is -0.380. The molecule has 0 saturated carbocycles. The second kappa shape index (κ2) is 8.99. The summed E-state index contributed by atoms with van der Waals surface area (Å²) in [5, 5.41) is 3.74. The van der Waals surface area contributed by atoms with Crippen LogP contribution in [0.25, 0.3) is 10.9 Å². The van der Waals surface area contributed by atoms with Crippen molar-refractivity contribution in [2.75, 3.05) is 38.0 Å². The summed E-state index contributed by atoms with van der Waals surface area (Å²) in [5.41, 5.74) is 3.09. The molecule has 6 nitrogen and oxygen atoms in total. The number of aromatic nitrogens is 1. The summed E-state index contributed by atoms with van der Waals surface area (Å²) >= 11 is 0. The van der Waals surface area contributed by atoms with Gasteiger partial charge in [-0.3, -0.25) is 19.4 Å². The van der Waals surface area contributed by atoms with Crippen molar-refractivity contribution in [3.8, 4) is 0 Å². The van der Waals surface area contributed by atoms with Crippen molar-refractivity contribution >= 4 is 28.3 Å². The number of aromatic amines is 1. The fourth-order valence-electron chi connectivity index (χ4n) is 4.21. The van der Waals surface area contributed by atoms with E-state index in [-0.39, 0.29) is 23.5 Å². The van der Waals surface area contributed by atoms with Gasteiger partial charge < -0.3 is 10.3 Å². The van der Waals surface area contributed by atoms with Gasteiger partial charge in [-0.05, 0) is 38.1 Å². The molecule has 0 aliphatic carbocycles. The highest BCUT2D eigenvalue weighted by atomic mass is 19.1. The number of hydrogen-bond donors (Lipinski definition) is 2. The largest absolute Gasteiger partial charge is 0.358 e. The number of halogens is 1. The van der Waals surface area contributed by atoms with Gasteiger partial charge in [-0.1, -0.05) is 24.3 Å². The molecular formula is C24H27FN4O2. The van der Waals surface area contributed by atoms with Gasteiger partial charge in [-0.25, -0.2) is 4.39 Å². The quantitative estimate of drug-likeness (QED) is 0.597. The SMILES string of the molecule is Cc1[nH]c2ccccc2c1C(=O)CN1CCN(C(C)C(=O)Nc2cccc(F)c2)CC1. The third-order valence-corrected chi connectivity index (χ3v) is 5.97. The van der Waals surface area contributed by atoms with Gasteiger partial charge in [0.05, 0.1) is 12.6 Å². The van der Waals surface area contributed by atoms with Gasteiger partial charge in [-0.2, -0.15) is 0 Å². The number of para-hydroxylation sites is 1. The molecule has 31 heavy (non-hydrogen) atoms. The summed E-state index contributed by atoms with van der Waals surface area (Å²) in [5.74, 6) is -0.431. The van der Waals surface area contributed by atoms with Crippen molar-refractivity contribution in [1.82, 2.24) is 14.8 Å². The van der Waals surface area contributed by atoms with Crippen molar-refractivity contribution < 1.29 is 14.0 Å². The van der Waals surface area contributed by atoms with Crippen LogP contribution in [-0.4, -0.2) is 65.2 Å². The Labute approximate surface area is 181 Å². The number of anilines is 1. The van der Waals surface area contributed by atoms with Crippen molar-refractivity contribution in [1.29, 1.82) is 0 Å². The molecule has 1 aliphatic rings. The van der Waals surface area contributed by atoms with Crippen molar-refractivity contribution in [2.24, 2.45) is 0 Å². The van der Waals surface area contributed by atoms with Gasteiger partial charge in [0.25, 0.3) is 0 Å². The van der Waals surface area contributed by atoms with Gasteiger partial charge in [0.15, 0.2) is 5.78 Å². The molecule has 1 fully saturated rings. The Kier molecular flexibility index (Phi) is 6.15. The summed E-state index contributed by atoms with van der Waals surface area (Å²) in [6.07, 6.45) is 0. The second-order valence-electron chi connectivity index (χ2n) is 8.08. The molecule has 0 spiro atoms. The molecule has 2 heterocycles. The molecule has 1 unspecified atom stereocenters. The molecule has 1 saturated heterocycles. The highest BCUT2D eigenvalue weighted by molar-refractivity contribution is 6.10. The number of nitrogens with zero attached hydrogens (tertiary/aromatic N) is 2. The smallest absolute Gasteiger partial charge is 0.241 e. The summed E-state index contributed by atoms with van der Waals surface area (Å²) in [6.45, 7) is 6.96. The lowest BCUT2D eigenvalue weighted by Crippen LogP contribution is -2.53. The molecule has 3 aromatic rings. The number of nitrogens with one attached hydrogen (secondary N) is 2. The first-order chi connectivity index (χ1) is 14.9. The Morgan fingerprint density at radius 1 is 1.10 bits per heavy atom. The number of H-pyrrole nitrogens is 1. The van der Waals surface area contributed by atoms with E-state index < -0.39 is 0 Å². The molecule has 2 N–H and O–H groups in total. The van der Waals surface area contributed by atoms with Crippen LogP contribution in [0.2, 0.25) is 0 Å². The normalized spacial score (nSPS) is 16.4. The van der Waals surface area contributed by atoms with E-state index in [0.717, 1.165) is 22.2 Å². The van der Waals surface area contributed by atoms with Crippen LogP contribution in [0.3, 0.4) is 0 Å². The predicted molar refractivity (Wildman–Crippen MR) is 120 cm³/mol. The van der Waals surface area contributed by atoms with E-state index in [1.807, 2.05) is 38.1 Å². The van der Waals surface area contributed by atoms with Crippen molar-refractivity contribution in [2.45, 2.75) is 19.9 Å². The molecule has 162 valence electrons. The second-order valence-corrected chi connectivity index (χ2v) is 8.08. The third kappa shape index (κ3) is 4.68. The van der Waals surface area contributed by atoms with Crippen molar-refractivity contribution in [3.05, 3.63) is 65.6 Å². The van der Waals surface area contributed by atoms with E-state index in [9.17, 15) is 14.0 Å². The maximum Gasteiger partial charge on any atom is 0.241 e. The lowest BCUT2D eigenvalue weighted by Gasteiger charge is -2.37. The first kappa shape index (κ1) is 21.2. The summed E-state index contributed by atoms with van der Waals surface area (Å²) in [4.78, 5) is 33.1. The summed E-state index contributed by atoms with van der Waals surface area (Å²) in [6, 6.07) is 13.4. The fraction of sp³-hybridized carbons (Fsp3) is 0.333. The van der Waals surface area contributed by atoms with Crippen molar-refractivity contribution in [3.63, 3.8) is 0 Å². The van der Waals surface area contributed by atoms with Gasteiger partial charge >= 0.3 is 0 Å². The Balaban J connectivity index is 1.32. The summed E-state index contributed by atoms with van der Waals surface area (Å²) < 4.78 is 13.3. The number of piperazine rings is 1. The molecule has 1 atom stereocenters. The van der Waals surface area contributed by atoms with Crippen LogP contribution in [0.15, 0.2) is 48.5 Å². The number of hydrogen-bond acceptors (Lipinski definition) is 4. The third-order valence-electron chi connectivity index (χ3n) is 5.97. The molecular weight excluding hydrogens is 395 g/mol. The highest BCUT2D eigenvalue weighted by Gasteiger charge is 2.27.